The van der Waals surface area contributed by atoms with Gasteiger partial charge in [-0.3, -0.25) is 0 Å². The van der Waals surface area contributed by atoms with Crippen LogP contribution in [-0.2, 0) is 5.41 Å². The van der Waals surface area contributed by atoms with E-state index in [4.69, 9.17) is 23.0 Å². The van der Waals surface area contributed by atoms with Crippen molar-refractivity contribution in [2.24, 2.45) is 0 Å². The molecule has 1 aliphatic heterocycles. The van der Waals surface area contributed by atoms with Crippen molar-refractivity contribution in [1.29, 1.82) is 0 Å². The van der Waals surface area contributed by atoms with Crippen LogP contribution in [0, 0.1) is 0 Å². The lowest BCUT2D eigenvalue weighted by Crippen LogP contribution is -2.25. The van der Waals surface area contributed by atoms with Gasteiger partial charge in [-0.2, -0.15) is 8.75 Å². The zero-order valence-electron chi connectivity index (χ0n) is 46.4. The first-order valence-corrected chi connectivity index (χ1v) is 30.8. The third-order valence-electron chi connectivity index (χ3n) is 16.4. The summed E-state index contributed by atoms with van der Waals surface area (Å²) in [6, 6.07) is 80.3. The van der Waals surface area contributed by atoms with E-state index in [2.05, 4.69) is 229 Å². The van der Waals surface area contributed by atoms with Gasteiger partial charge in [-0.15, -0.1) is 11.3 Å². The average molecular weight is 1110 g/mol. The van der Waals surface area contributed by atoms with Crippen LogP contribution in [0.25, 0.3) is 54.2 Å². The van der Waals surface area contributed by atoms with Gasteiger partial charge in [0.2, 0.25) is 0 Å². The number of fused-ring (bicyclic) bond motifs is 5. The molecule has 0 atom stereocenters. The van der Waals surface area contributed by atoms with Gasteiger partial charge in [-0.1, -0.05) is 191 Å². The van der Waals surface area contributed by atoms with E-state index in [9.17, 15) is 0 Å². The van der Waals surface area contributed by atoms with E-state index in [-0.39, 0.29) is 5.41 Å². The van der Waals surface area contributed by atoms with Crippen LogP contribution in [0.15, 0.2) is 224 Å². The summed E-state index contributed by atoms with van der Waals surface area (Å²) in [4.78, 5) is 6.58. The highest BCUT2D eigenvalue weighted by Gasteiger charge is 2.41. The maximum Gasteiger partial charge on any atom is 0.180 e. The van der Waals surface area contributed by atoms with Crippen molar-refractivity contribution in [1.82, 2.24) is 8.75 Å². The quantitative estimate of drug-likeness (QED) is 0.0627. The molecule has 0 amide bonds. The van der Waals surface area contributed by atoms with Crippen molar-refractivity contribution in [2.75, 3.05) is 29.6 Å². The molecular formula is C73H66N4O3S2. The van der Waals surface area contributed by atoms with Crippen LogP contribution in [-0.4, -0.2) is 28.6 Å². The van der Waals surface area contributed by atoms with Gasteiger partial charge in [0, 0.05) is 50.7 Å². The van der Waals surface area contributed by atoms with E-state index in [0.29, 0.717) is 19.8 Å². The number of thiophene rings is 1. The van der Waals surface area contributed by atoms with E-state index in [1.165, 1.54) is 74.2 Å². The Hall–Kier alpha value is -8.50. The molecule has 2 aromatic heterocycles. The fourth-order valence-corrected chi connectivity index (χ4v) is 14.3. The van der Waals surface area contributed by atoms with Crippen molar-refractivity contribution in [3.63, 3.8) is 0 Å². The molecule has 82 heavy (non-hydrogen) atoms. The summed E-state index contributed by atoms with van der Waals surface area (Å²) in [5.41, 5.74) is 18.4. The summed E-state index contributed by atoms with van der Waals surface area (Å²) in [7, 11) is 0. The number of para-hydroxylation sites is 3. The average Bonchev–Trinajstić information content (AvgIpc) is 3.92. The van der Waals surface area contributed by atoms with Crippen LogP contribution < -0.4 is 24.0 Å². The second-order valence-corrected chi connectivity index (χ2v) is 23.0. The lowest BCUT2D eigenvalue weighted by Gasteiger charge is -2.33. The maximum absolute atomic E-state index is 6.47. The summed E-state index contributed by atoms with van der Waals surface area (Å²) >= 11 is 2.92. The molecule has 11 aromatic rings. The lowest BCUT2D eigenvalue weighted by atomic mass is 9.70. The molecule has 9 heteroatoms. The van der Waals surface area contributed by atoms with Crippen LogP contribution in [0.4, 0.5) is 34.1 Å². The van der Waals surface area contributed by atoms with Gasteiger partial charge in [0.15, 0.2) is 11.5 Å². The van der Waals surface area contributed by atoms with Crippen LogP contribution in [0.2, 0.25) is 0 Å². The number of ether oxygens (including phenoxy) is 3. The number of hydrogen-bond donors (Lipinski definition) is 0. The number of hydrogen-bond acceptors (Lipinski definition) is 9. The van der Waals surface area contributed by atoms with Gasteiger partial charge in [0.25, 0.3) is 0 Å². The molecule has 408 valence electrons. The molecule has 0 saturated carbocycles. The Morgan fingerprint density at radius 3 is 1.40 bits per heavy atom. The molecule has 7 nitrogen and oxygen atoms in total. The van der Waals surface area contributed by atoms with Crippen LogP contribution in [0.3, 0.4) is 0 Å². The molecule has 9 aromatic carbocycles. The molecule has 2 aliphatic rings. The fourth-order valence-electron chi connectivity index (χ4n) is 12.5. The van der Waals surface area contributed by atoms with Crippen molar-refractivity contribution in [3.05, 3.63) is 236 Å². The highest BCUT2D eigenvalue weighted by molar-refractivity contribution is 7.20. The SMILES string of the molecule is CCCCCCC1(CCCCCCOc2ccc(N(c3ccccc3)c3ccc(-c4sc(-c5ccc(-c6ccc(N(c7ccccc7)c7ccccc7)cc6)c6nsnc56)c5c4OCCO5)cc3)cc2)c2ccccc2-c2ccccc21. The van der Waals surface area contributed by atoms with E-state index < -0.39 is 0 Å². The molecule has 13 rings (SSSR count). The highest BCUT2D eigenvalue weighted by atomic mass is 32.1. The maximum atomic E-state index is 6.47. The first kappa shape index (κ1) is 52.8. The molecule has 0 bridgehead atoms. The normalized spacial score (nSPS) is 12.9. The van der Waals surface area contributed by atoms with Crippen LogP contribution in [0.1, 0.15) is 82.3 Å². The third-order valence-corrected chi connectivity index (χ3v) is 18.2. The third kappa shape index (κ3) is 10.6. The molecule has 0 saturated heterocycles. The zero-order valence-corrected chi connectivity index (χ0v) is 48.0. The van der Waals surface area contributed by atoms with Gasteiger partial charge < -0.3 is 24.0 Å². The lowest BCUT2D eigenvalue weighted by molar-refractivity contribution is 0.175. The van der Waals surface area contributed by atoms with Crippen molar-refractivity contribution < 1.29 is 14.2 Å². The van der Waals surface area contributed by atoms with Crippen molar-refractivity contribution in [3.8, 4) is 60.4 Å². The molecule has 0 fully saturated rings. The topological polar surface area (TPSA) is 60.0 Å². The minimum Gasteiger partial charge on any atom is -0.494 e. The Labute approximate surface area is 490 Å². The number of aromatic nitrogens is 2. The Morgan fingerprint density at radius 2 is 0.854 bits per heavy atom. The number of unbranched alkanes of at least 4 members (excludes halogenated alkanes) is 6. The van der Waals surface area contributed by atoms with Gasteiger partial charge in [0.05, 0.1) is 28.1 Å². The Bertz CT molecular complexity index is 3820. The first-order chi connectivity index (χ1) is 40.6. The molecule has 0 radical (unpaired) electrons. The Balaban J connectivity index is 0.690. The molecule has 0 N–H and O–H groups in total. The van der Waals surface area contributed by atoms with E-state index in [0.717, 1.165) is 107 Å². The molecule has 0 unspecified atom stereocenters. The fraction of sp³-hybridized carbons (Fsp3) is 0.205. The van der Waals surface area contributed by atoms with Gasteiger partial charge in [0.1, 0.15) is 30.0 Å². The highest BCUT2D eigenvalue weighted by Crippen LogP contribution is 2.56. The largest absolute Gasteiger partial charge is 0.494 e. The second-order valence-electron chi connectivity index (χ2n) is 21.5. The van der Waals surface area contributed by atoms with Crippen LogP contribution in [0.5, 0.6) is 17.2 Å². The predicted molar refractivity (Wildman–Crippen MR) is 342 cm³/mol. The number of nitrogens with zero attached hydrogens (tertiary/aromatic N) is 4. The Morgan fingerprint density at radius 1 is 0.415 bits per heavy atom. The number of benzene rings is 9. The van der Waals surface area contributed by atoms with Crippen LogP contribution >= 0.6 is 23.1 Å². The van der Waals surface area contributed by atoms with Crippen molar-refractivity contribution in [2.45, 2.75) is 76.5 Å². The standard InChI is InChI=1S/C73H66N4O3S2/c1-2-3-4-20-47-73(65-31-18-16-29-62(65)63-30-17-19-32-66(63)73)48-21-5-6-22-49-78-60-43-41-59(42-44-60)77(56-27-14-9-15-28-56)58-39-35-53(36-40-58)71-69-70(80-51-50-79-69)72(81-71)64-46-45-61(67-68(64)75-82-74-67)52-33-37-57(38-34-52)76(54-23-10-7-11-24-54)55-25-12-8-13-26-55/h7-19,23-46H,2-6,20-22,47-51H2,1H3. The molecule has 0 spiro atoms. The summed E-state index contributed by atoms with van der Waals surface area (Å²) in [6.07, 6.45) is 12.2. The smallest absolute Gasteiger partial charge is 0.180 e. The van der Waals surface area contributed by atoms with Gasteiger partial charge in [-0.05, 0) is 138 Å². The van der Waals surface area contributed by atoms with Crippen molar-refractivity contribution >= 4 is 68.2 Å². The van der Waals surface area contributed by atoms with E-state index in [1.807, 2.05) is 12.1 Å². The number of anilines is 6. The first-order valence-electron chi connectivity index (χ1n) is 29.2. The number of rotatable bonds is 22. The summed E-state index contributed by atoms with van der Waals surface area (Å²) in [5.74, 6) is 2.42. The summed E-state index contributed by atoms with van der Waals surface area (Å²) < 4.78 is 29.1. The molecular weight excluding hydrogens is 1040 g/mol. The second kappa shape index (κ2) is 24.3. The molecule has 3 heterocycles. The molecule has 1 aliphatic carbocycles. The Kier molecular flexibility index (Phi) is 15.7. The summed E-state index contributed by atoms with van der Waals surface area (Å²) in [5, 5.41) is 0. The van der Waals surface area contributed by atoms with E-state index in [1.54, 1.807) is 22.5 Å². The predicted octanol–water partition coefficient (Wildman–Crippen LogP) is 20.7. The monoisotopic (exact) mass is 1110 g/mol. The minimum atomic E-state index is 0.114. The van der Waals surface area contributed by atoms with E-state index >= 15 is 0 Å². The van der Waals surface area contributed by atoms with Gasteiger partial charge in [-0.25, -0.2) is 0 Å². The minimum absolute atomic E-state index is 0.114. The summed E-state index contributed by atoms with van der Waals surface area (Å²) in [6.45, 7) is 3.97. The van der Waals surface area contributed by atoms with Gasteiger partial charge >= 0.3 is 0 Å². The zero-order chi connectivity index (χ0) is 55.1.